The van der Waals surface area contributed by atoms with Gasteiger partial charge >= 0.3 is 0 Å². The first-order chi connectivity index (χ1) is 14.5. The quantitative estimate of drug-likeness (QED) is 0.655. The zero-order valence-electron chi connectivity index (χ0n) is 18.3. The number of hydrogen-bond donors (Lipinski definition) is 0. The van der Waals surface area contributed by atoms with Crippen LogP contribution >= 0.6 is 0 Å². The predicted molar refractivity (Wildman–Crippen MR) is 121 cm³/mol. The van der Waals surface area contributed by atoms with Crippen molar-refractivity contribution in [3.63, 3.8) is 0 Å². The summed E-state index contributed by atoms with van der Waals surface area (Å²) in [5.41, 5.74) is 2.33. The van der Waals surface area contributed by atoms with Gasteiger partial charge in [-0.1, -0.05) is 19.9 Å². The molecule has 0 radical (unpaired) electrons. The fraction of sp³-hybridized carbons (Fsp3) is 0.409. The monoisotopic (exact) mass is 464 g/mol. The molecular weight excluding hydrogens is 436 g/mol. The average Bonchev–Trinajstić information content (AvgIpc) is 2.72. The molecule has 0 aromatic heterocycles. The maximum Gasteiger partial charge on any atom is 0.258 e. The number of carbonyl (C=O) groups is 1. The summed E-state index contributed by atoms with van der Waals surface area (Å²) in [5.74, 6) is -0.302. The number of fused-ring (bicyclic) bond motifs is 1. The zero-order chi connectivity index (χ0) is 23.0. The highest BCUT2D eigenvalue weighted by Gasteiger charge is 2.28. The van der Waals surface area contributed by atoms with Crippen molar-refractivity contribution < 1.29 is 21.6 Å². The van der Waals surface area contributed by atoms with Crippen molar-refractivity contribution in [2.45, 2.75) is 43.4 Å². The van der Waals surface area contributed by atoms with Crippen LogP contribution in [0.4, 0.5) is 5.69 Å². The van der Waals surface area contributed by atoms with Crippen LogP contribution in [0, 0.1) is 6.92 Å². The number of rotatable bonds is 6. The molecule has 1 aliphatic rings. The molecule has 0 fully saturated rings. The van der Waals surface area contributed by atoms with Gasteiger partial charge in [0.05, 0.1) is 9.79 Å². The maximum atomic E-state index is 13.3. The summed E-state index contributed by atoms with van der Waals surface area (Å²) in [7, 11) is -7.05. The minimum Gasteiger partial charge on any atom is -0.308 e. The molecule has 2 aromatic rings. The predicted octanol–water partition coefficient (Wildman–Crippen LogP) is 3.02. The van der Waals surface area contributed by atoms with Gasteiger partial charge in [0.15, 0.2) is 9.84 Å². The first kappa shape index (κ1) is 23.4. The van der Waals surface area contributed by atoms with Gasteiger partial charge in [0, 0.05) is 37.1 Å². The summed E-state index contributed by atoms with van der Waals surface area (Å²) in [4.78, 5) is 15.3. The SMILES string of the molecule is CCN(CC)S(=O)(=O)c1cc(C(=O)N2CCCc3cc(S(C)(=O)=O)ccc32)ccc1C. The average molecular weight is 465 g/mol. The lowest BCUT2D eigenvalue weighted by molar-refractivity contribution is 0.0985. The second-order valence-corrected chi connectivity index (χ2v) is 11.6. The fourth-order valence-electron chi connectivity index (χ4n) is 3.88. The molecular formula is C22H28N2O5S2. The lowest BCUT2D eigenvalue weighted by Gasteiger charge is -2.30. The standard InChI is InChI=1S/C22H28N2O5S2/c1-5-23(6-2)31(28,29)21-15-18(10-9-16(21)3)22(25)24-13-7-8-17-14-19(30(4,26)27)11-12-20(17)24/h9-12,14-15H,5-8,13H2,1-4H3. The van der Waals surface area contributed by atoms with Crippen LogP contribution in [-0.4, -0.2) is 52.9 Å². The number of hydrogen-bond acceptors (Lipinski definition) is 5. The lowest BCUT2D eigenvalue weighted by Crippen LogP contribution is -2.36. The number of amides is 1. The van der Waals surface area contributed by atoms with Crippen LogP contribution < -0.4 is 4.90 Å². The molecule has 31 heavy (non-hydrogen) atoms. The van der Waals surface area contributed by atoms with E-state index in [1.54, 1.807) is 49.9 Å². The molecule has 0 spiro atoms. The number of anilines is 1. The van der Waals surface area contributed by atoms with E-state index in [2.05, 4.69) is 0 Å². The number of benzene rings is 2. The third-order valence-electron chi connectivity index (χ3n) is 5.60. The van der Waals surface area contributed by atoms with Gasteiger partial charge in [-0.05, 0) is 61.2 Å². The molecule has 0 bridgehead atoms. The lowest BCUT2D eigenvalue weighted by atomic mass is 10.0. The smallest absolute Gasteiger partial charge is 0.258 e. The molecule has 9 heteroatoms. The number of aryl methyl sites for hydroxylation is 2. The van der Waals surface area contributed by atoms with Gasteiger partial charge in [-0.3, -0.25) is 4.79 Å². The van der Waals surface area contributed by atoms with Gasteiger partial charge in [0.2, 0.25) is 10.0 Å². The summed E-state index contributed by atoms with van der Waals surface area (Å²) >= 11 is 0. The first-order valence-corrected chi connectivity index (χ1v) is 13.6. The van der Waals surface area contributed by atoms with Crippen molar-refractivity contribution >= 4 is 31.5 Å². The van der Waals surface area contributed by atoms with Crippen LogP contribution in [0.25, 0.3) is 0 Å². The number of sulfonamides is 1. The van der Waals surface area contributed by atoms with E-state index in [0.717, 1.165) is 11.8 Å². The van der Waals surface area contributed by atoms with Gasteiger partial charge in [-0.2, -0.15) is 4.31 Å². The van der Waals surface area contributed by atoms with Crippen LogP contribution in [-0.2, 0) is 26.3 Å². The highest BCUT2D eigenvalue weighted by atomic mass is 32.2. The number of carbonyl (C=O) groups excluding carboxylic acids is 1. The van der Waals surface area contributed by atoms with E-state index in [-0.39, 0.29) is 21.3 Å². The van der Waals surface area contributed by atoms with Crippen molar-refractivity contribution in [3.8, 4) is 0 Å². The van der Waals surface area contributed by atoms with E-state index in [1.807, 2.05) is 0 Å². The molecule has 0 aliphatic carbocycles. The van der Waals surface area contributed by atoms with E-state index in [9.17, 15) is 21.6 Å². The molecule has 0 N–H and O–H groups in total. The van der Waals surface area contributed by atoms with Crippen LogP contribution in [0.1, 0.15) is 41.8 Å². The molecule has 1 amide bonds. The second-order valence-electron chi connectivity index (χ2n) is 7.69. The molecule has 0 atom stereocenters. The van der Waals surface area contributed by atoms with Crippen LogP contribution in [0.2, 0.25) is 0 Å². The normalized spacial score (nSPS) is 14.5. The zero-order valence-corrected chi connectivity index (χ0v) is 19.9. The van der Waals surface area contributed by atoms with Crippen LogP contribution in [0.15, 0.2) is 46.2 Å². The molecule has 0 saturated heterocycles. The fourth-order valence-corrected chi connectivity index (χ4v) is 6.26. The van der Waals surface area contributed by atoms with E-state index in [0.29, 0.717) is 43.7 Å². The molecule has 0 unspecified atom stereocenters. The third-order valence-corrected chi connectivity index (χ3v) is 8.90. The van der Waals surface area contributed by atoms with Crippen LogP contribution in [0.5, 0.6) is 0 Å². The van der Waals surface area contributed by atoms with E-state index in [1.165, 1.54) is 16.4 Å². The number of nitrogens with zero attached hydrogens (tertiary/aromatic N) is 2. The summed E-state index contributed by atoms with van der Waals surface area (Å²) < 4.78 is 51.2. The Hall–Kier alpha value is -2.23. The minimum atomic E-state index is -3.71. The van der Waals surface area contributed by atoms with Gasteiger partial charge in [0.1, 0.15) is 0 Å². The maximum absolute atomic E-state index is 13.3. The molecule has 3 rings (SSSR count). The number of sulfone groups is 1. The van der Waals surface area contributed by atoms with E-state index >= 15 is 0 Å². The Kier molecular flexibility index (Phi) is 6.59. The van der Waals surface area contributed by atoms with Gasteiger partial charge in [-0.25, -0.2) is 16.8 Å². The first-order valence-electron chi connectivity index (χ1n) is 10.3. The van der Waals surface area contributed by atoms with Crippen molar-refractivity contribution in [2.24, 2.45) is 0 Å². The van der Waals surface area contributed by atoms with Gasteiger partial charge in [0.25, 0.3) is 5.91 Å². The highest BCUT2D eigenvalue weighted by Crippen LogP contribution is 2.31. The van der Waals surface area contributed by atoms with Gasteiger partial charge in [-0.15, -0.1) is 0 Å². The summed E-state index contributed by atoms with van der Waals surface area (Å²) in [5, 5.41) is 0. The van der Waals surface area contributed by atoms with Crippen molar-refractivity contribution in [2.75, 3.05) is 30.8 Å². The Labute approximate surface area is 184 Å². The Morgan fingerprint density at radius 1 is 1.03 bits per heavy atom. The van der Waals surface area contributed by atoms with E-state index < -0.39 is 19.9 Å². The van der Waals surface area contributed by atoms with Crippen molar-refractivity contribution in [1.29, 1.82) is 0 Å². The summed E-state index contributed by atoms with van der Waals surface area (Å²) in [6.45, 7) is 6.45. The molecule has 1 aliphatic heterocycles. The minimum absolute atomic E-state index is 0.131. The Morgan fingerprint density at radius 3 is 2.32 bits per heavy atom. The molecule has 168 valence electrons. The molecule has 1 heterocycles. The van der Waals surface area contributed by atoms with Crippen molar-refractivity contribution in [3.05, 3.63) is 53.1 Å². The molecule has 0 saturated carbocycles. The van der Waals surface area contributed by atoms with E-state index in [4.69, 9.17) is 0 Å². The molecule has 2 aromatic carbocycles. The Bertz CT molecular complexity index is 1220. The molecule has 7 nitrogen and oxygen atoms in total. The van der Waals surface area contributed by atoms with Gasteiger partial charge < -0.3 is 4.90 Å². The van der Waals surface area contributed by atoms with Crippen molar-refractivity contribution in [1.82, 2.24) is 4.31 Å². The highest BCUT2D eigenvalue weighted by molar-refractivity contribution is 7.90. The summed E-state index contributed by atoms with van der Waals surface area (Å²) in [6, 6.07) is 9.52. The Balaban J connectivity index is 2.02. The largest absolute Gasteiger partial charge is 0.308 e. The second kappa shape index (κ2) is 8.72. The Morgan fingerprint density at radius 2 is 1.71 bits per heavy atom. The van der Waals surface area contributed by atoms with Crippen LogP contribution in [0.3, 0.4) is 0 Å². The topological polar surface area (TPSA) is 91.8 Å². The summed E-state index contributed by atoms with van der Waals surface area (Å²) in [6.07, 6.45) is 2.53. The third kappa shape index (κ3) is 4.53.